The lowest BCUT2D eigenvalue weighted by atomic mass is 9.91. The van der Waals surface area contributed by atoms with Gasteiger partial charge in [-0.25, -0.2) is 9.97 Å². The fourth-order valence-corrected chi connectivity index (χ4v) is 3.54. The highest BCUT2D eigenvalue weighted by molar-refractivity contribution is 5.56. The number of alkyl halides is 15. The van der Waals surface area contributed by atoms with Crippen molar-refractivity contribution < 1.29 is 84.8 Å². The van der Waals surface area contributed by atoms with Crippen molar-refractivity contribution in [2.45, 2.75) is 67.5 Å². The molecule has 1 saturated heterocycles. The Morgan fingerprint density at radius 1 is 0.689 bits per heavy atom. The zero-order valence-corrected chi connectivity index (χ0v) is 22.4. The second kappa shape index (κ2) is 11.5. The van der Waals surface area contributed by atoms with Gasteiger partial charge in [0.05, 0.1) is 19.0 Å². The van der Waals surface area contributed by atoms with Crippen LogP contribution in [0.4, 0.5) is 65.9 Å². The van der Waals surface area contributed by atoms with Crippen molar-refractivity contribution in [1.29, 1.82) is 0 Å². The molecule has 1 atom stereocenters. The van der Waals surface area contributed by atoms with Crippen LogP contribution in [-0.2, 0) is 9.47 Å². The summed E-state index contributed by atoms with van der Waals surface area (Å²) in [7, 11) is 0. The van der Waals surface area contributed by atoms with Crippen molar-refractivity contribution in [3.05, 3.63) is 36.7 Å². The van der Waals surface area contributed by atoms with Crippen LogP contribution < -0.4 is 9.47 Å². The fraction of sp³-hybridized carbons (Fsp3) is 0.583. The summed E-state index contributed by atoms with van der Waals surface area (Å²) in [6, 6.07) is 5.74. The lowest BCUT2D eigenvalue weighted by Gasteiger charge is -2.41. The third-order valence-corrected chi connectivity index (χ3v) is 6.06. The van der Waals surface area contributed by atoms with Gasteiger partial charge in [-0.1, -0.05) is 0 Å². The van der Waals surface area contributed by atoms with Crippen molar-refractivity contribution in [2.24, 2.45) is 0 Å². The minimum absolute atomic E-state index is 0.126. The summed E-state index contributed by atoms with van der Waals surface area (Å²) >= 11 is 0. The molecule has 0 N–H and O–H groups in total. The molecule has 21 heteroatoms. The van der Waals surface area contributed by atoms with Gasteiger partial charge in [0.15, 0.2) is 24.0 Å². The quantitative estimate of drug-likeness (QED) is 0.217. The molecule has 0 bridgehead atoms. The van der Waals surface area contributed by atoms with E-state index in [1.54, 1.807) is 13.8 Å². The van der Waals surface area contributed by atoms with E-state index in [1.165, 1.54) is 24.3 Å². The summed E-state index contributed by atoms with van der Waals surface area (Å²) in [4.78, 5) is 7.27. The van der Waals surface area contributed by atoms with Crippen molar-refractivity contribution in [3.63, 3.8) is 0 Å². The largest absolute Gasteiger partial charge is 0.491 e. The van der Waals surface area contributed by atoms with Gasteiger partial charge in [-0.15, -0.1) is 0 Å². The van der Waals surface area contributed by atoms with E-state index in [-0.39, 0.29) is 30.7 Å². The second-order valence-corrected chi connectivity index (χ2v) is 9.89. The Morgan fingerprint density at radius 3 is 1.64 bits per heavy atom. The number of aromatic nitrogens is 2. The average Bonchev–Trinajstić information content (AvgIpc) is 3.28. The summed E-state index contributed by atoms with van der Waals surface area (Å²) in [5, 5.41) is 0. The van der Waals surface area contributed by atoms with Gasteiger partial charge in [0.2, 0.25) is 0 Å². The van der Waals surface area contributed by atoms with E-state index in [0.717, 1.165) is 0 Å². The molecule has 2 aromatic rings. The van der Waals surface area contributed by atoms with Gasteiger partial charge < -0.3 is 18.9 Å². The smallest absolute Gasteiger partial charge is 0.460 e. The summed E-state index contributed by atoms with van der Waals surface area (Å²) in [6.45, 7) is 0.832. The van der Waals surface area contributed by atoms with Crippen LogP contribution in [0.5, 0.6) is 11.5 Å². The van der Waals surface area contributed by atoms with Gasteiger partial charge >= 0.3 is 41.7 Å². The first kappa shape index (κ1) is 36.2. The van der Waals surface area contributed by atoms with Crippen LogP contribution in [0, 0.1) is 0 Å². The van der Waals surface area contributed by atoms with Crippen LogP contribution in [0.2, 0.25) is 0 Å². The van der Waals surface area contributed by atoms with Crippen LogP contribution in [0.15, 0.2) is 36.7 Å². The summed E-state index contributed by atoms with van der Waals surface area (Å²) in [6.07, 6.45) is -6.99. The van der Waals surface area contributed by atoms with Crippen molar-refractivity contribution in [2.75, 3.05) is 19.8 Å². The molecular weight excluding hydrogens is 665 g/mol. The van der Waals surface area contributed by atoms with Gasteiger partial charge in [-0.05, 0) is 38.1 Å². The van der Waals surface area contributed by atoms with E-state index in [0.29, 0.717) is 18.1 Å². The standard InChI is InChI=1S/C24H19F15N2O4/c1-17(2)44-10-15(45-17)9-42-13-5-3-12(4-6-13)16-40-7-14(8-41-16)43-11-18(25,26)19(27,28)20(29,30)21(31,32)22(33,34)23(35,36)24(37,38)39/h3-8,15H,9-11H2,1-2H3/t15-/m0/s1. The van der Waals surface area contributed by atoms with E-state index < -0.39 is 59.9 Å². The van der Waals surface area contributed by atoms with Crippen molar-refractivity contribution in [1.82, 2.24) is 9.97 Å². The number of hydrogen-bond acceptors (Lipinski definition) is 6. The van der Waals surface area contributed by atoms with E-state index in [9.17, 15) is 65.9 Å². The molecule has 2 heterocycles. The van der Waals surface area contributed by atoms with E-state index in [2.05, 4.69) is 14.7 Å². The van der Waals surface area contributed by atoms with Gasteiger partial charge in [-0.3, -0.25) is 0 Å². The monoisotopic (exact) mass is 684 g/mol. The number of ether oxygens (including phenoxy) is 4. The third-order valence-electron chi connectivity index (χ3n) is 6.06. The highest BCUT2D eigenvalue weighted by Gasteiger charge is 2.93. The summed E-state index contributed by atoms with van der Waals surface area (Å²) < 4.78 is 220. The molecule has 1 aromatic heterocycles. The van der Waals surface area contributed by atoms with Crippen molar-refractivity contribution in [3.8, 4) is 22.9 Å². The molecule has 0 aliphatic carbocycles. The summed E-state index contributed by atoms with van der Waals surface area (Å²) in [5.74, 6) is -48.7. The summed E-state index contributed by atoms with van der Waals surface area (Å²) in [5.41, 5.74) is 0.255. The highest BCUT2D eigenvalue weighted by Crippen LogP contribution is 2.62. The van der Waals surface area contributed by atoms with Crippen molar-refractivity contribution >= 4 is 0 Å². The Kier molecular flexibility index (Phi) is 9.29. The predicted molar refractivity (Wildman–Crippen MR) is 119 cm³/mol. The predicted octanol–water partition coefficient (Wildman–Crippen LogP) is 7.43. The third kappa shape index (κ3) is 6.54. The lowest BCUT2D eigenvalue weighted by Crippen LogP contribution is -2.73. The first-order valence-corrected chi connectivity index (χ1v) is 12.0. The van der Waals surface area contributed by atoms with E-state index in [4.69, 9.17) is 14.2 Å². The molecule has 0 saturated carbocycles. The molecule has 1 aliphatic rings. The molecule has 6 nitrogen and oxygen atoms in total. The molecule has 0 amide bonds. The van der Waals surface area contributed by atoms with Gasteiger partial charge in [0.25, 0.3) is 0 Å². The van der Waals surface area contributed by atoms with Gasteiger partial charge in [0, 0.05) is 5.56 Å². The molecule has 3 rings (SSSR count). The number of hydrogen-bond donors (Lipinski definition) is 0. The molecule has 45 heavy (non-hydrogen) atoms. The Bertz CT molecular complexity index is 1320. The van der Waals surface area contributed by atoms with E-state index >= 15 is 0 Å². The molecule has 0 unspecified atom stereocenters. The SMILES string of the molecule is CC1(C)OC[C@H](COc2ccc(-c3ncc(OCC(F)(F)C(F)(F)C(F)(F)C(F)(F)C(F)(F)C(F)(F)C(F)(F)F)cn3)cc2)O1. The average molecular weight is 684 g/mol. The molecule has 254 valence electrons. The highest BCUT2D eigenvalue weighted by atomic mass is 19.4. The van der Waals surface area contributed by atoms with Crippen LogP contribution >= 0.6 is 0 Å². The normalized spacial score (nSPS) is 18.6. The Hall–Kier alpha value is -3.23. The number of rotatable bonds is 12. The second-order valence-electron chi connectivity index (χ2n) is 9.89. The Morgan fingerprint density at radius 2 is 1.18 bits per heavy atom. The number of halogens is 15. The minimum atomic E-state index is -8.37. The van der Waals surface area contributed by atoms with Gasteiger partial charge in [0.1, 0.15) is 18.5 Å². The Labute approximate surface area is 242 Å². The molecule has 0 radical (unpaired) electrons. The van der Waals surface area contributed by atoms with Crippen LogP contribution in [0.3, 0.4) is 0 Å². The molecule has 0 spiro atoms. The maximum Gasteiger partial charge on any atom is 0.460 e. The maximum absolute atomic E-state index is 14.0. The topological polar surface area (TPSA) is 62.7 Å². The van der Waals surface area contributed by atoms with E-state index in [1.807, 2.05) is 0 Å². The number of benzene rings is 1. The maximum atomic E-state index is 14.0. The zero-order chi connectivity index (χ0) is 34.5. The first-order chi connectivity index (χ1) is 20.2. The molecule has 1 aliphatic heterocycles. The fourth-order valence-electron chi connectivity index (χ4n) is 3.54. The molecular formula is C24H19F15N2O4. The van der Waals surface area contributed by atoms with Crippen LogP contribution in [-0.4, -0.2) is 83.4 Å². The van der Waals surface area contributed by atoms with Gasteiger partial charge in [-0.2, -0.15) is 65.9 Å². The first-order valence-electron chi connectivity index (χ1n) is 12.0. The number of nitrogens with zero attached hydrogens (tertiary/aromatic N) is 2. The Balaban J connectivity index is 1.68. The van der Waals surface area contributed by atoms with Crippen LogP contribution in [0.1, 0.15) is 13.8 Å². The minimum Gasteiger partial charge on any atom is -0.491 e. The van der Waals surface area contributed by atoms with Crippen LogP contribution in [0.25, 0.3) is 11.4 Å². The molecule has 1 fully saturated rings. The zero-order valence-electron chi connectivity index (χ0n) is 22.4. The molecule has 1 aromatic carbocycles. The lowest BCUT2D eigenvalue weighted by molar-refractivity contribution is -0.453.